The van der Waals surface area contributed by atoms with Gasteiger partial charge in [0.05, 0.1) is 15.5 Å². The summed E-state index contributed by atoms with van der Waals surface area (Å²) in [6, 6.07) is 13.1. The van der Waals surface area contributed by atoms with E-state index in [-0.39, 0.29) is 21.4 Å². The van der Waals surface area contributed by atoms with Crippen LogP contribution in [-0.4, -0.2) is 44.6 Å². The third-order valence-electron chi connectivity index (χ3n) is 3.86. The predicted octanol–water partition coefficient (Wildman–Crippen LogP) is 2.95. The lowest BCUT2D eigenvalue weighted by atomic mass is 10.2. The molecular formula is C19H20ClNO5S. The van der Waals surface area contributed by atoms with Gasteiger partial charge >= 0.3 is 5.97 Å². The summed E-state index contributed by atoms with van der Waals surface area (Å²) in [5.74, 6) is -1.25. The average Bonchev–Trinajstić information content (AvgIpc) is 2.61. The van der Waals surface area contributed by atoms with Gasteiger partial charge in [0.1, 0.15) is 0 Å². The van der Waals surface area contributed by atoms with E-state index in [0.29, 0.717) is 6.54 Å². The molecule has 0 spiro atoms. The molecule has 0 heterocycles. The SMILES string of the molecule is C[C@@H](OC(=O)c1cc(S(C)(=O)=O)ccc1Cl)C(=O)N(C)Cc1ccccc1. The molecule has 1 atom stereocenters. The molecule has 0 N–H and O–H groups in total. The van der Waals surface area contributed by atoms with E-state index in [0.717, 1.165) is 17.9 Å². The minimum absolute atomic E-state index is 0.0460. The first-order valence-corrected chi connectivity index (χ1v) is 10.4. The Morgan fingerprint density at radius 3 is 2.37 bits per heavy atom. The lowest BCUT2D eigenvalue weighted by Crippen LogP contribution is -2.37. The molecule has 2 rings (SSSR count). The molecule has 0 unspecified atom stereocenters. The number of hydrogen-bond acceptors (Lipinski definition) is 5. The van der Waals surface area contributed by atoms with Gasteiger partial charge in [0.25, 0.3) is 5.91 Å². The van der Waals surface area contributed by atoms with Crippen LogP contribution in [0.3, 0.4) is 0 Å². The van der Waals surface area contributed by atoms with Crippen molar-refractivity contribution in [1.82, 2.24) is 4.90 Å². The molecule has 2 aromatic carbocycles. The molecule has 0 radical (unpaired) electrons. The highest BCUT2D eigenvalue weighted by atomic mass is 35.5. The summed E-state index contributed by atoms with van der Waals surface area (Å²) in [5, 5.41) is 0.0460. The van der Waals surface area contributed by atoms with Gasteiger partial charge in [0.2, 0.25) is 0 Å². The Labute approximate surface area is 163 Å². The first-order valence-electron chi connectivity index (χ1n) is 8.09. The van der Waals surface area contributed by atoms with Gasteiger partial charge in [-0.3, -0.25) is 4.79 Å². The van der Waals surface area contributed by atoms with Crippen LogP contribution in [0.2, 0.25) is 5.02 Å². The third-order valence-corrected chi connectivity index (χ3v) is 5.30. The Balaban J connectivity index is 2.09. The van der Waals surface area contributed by atoms with Gasteiger partial charge in [-0.25, -0.2) is 13.2 Å². The fraction of sp³-hybridized carbons (Fsp3) is 0.263. The number of nitrogens with zero attached hydrogens (tertiary/aromatic N) is 1. The van der Waals surface area contributed by atoms with Crippen molar-refractivity contribution in [2.24, 2.45) is 0 Å². The van der Waals surface area contributed by atoms with Crippen LogP contribution in [0.1, 0.15) is 22.8 Å². The summed E-state index contributed by atoms with van der Waals surface area (Å²) in [4.78, 5) is 26.2. The summed E-state index contributed by atoms with van der Waals surface area (Å²) in [6.07, 6.45) is -0.0278. The number of carbonyl (C=O) groups is 2. The number of hydrogen-bond donors (Lipinski definition) is 0. The molecule has 0 fully saturated rings. The third kappa shape index (κ3) is 5.55. The van der Waals surface area contributed by atoms with E-state index in [1.807, 2.05) is 30.3 Å². The zero-order chi connectivity index (χ0) is 20.2. The van der Waals surface area contributed by atoms with Crippen molar-refractivity contribution in [2.45, 2.75) is 24.5 Å². The molecule has 1 amide bonds. The fourth-order valence-electron chi connectivity index (χ4n) is 2.41. The molecule has 2 aromatic rings. The highest BCUT2D eigenvalue weighted by Gasteiger charge is 2.24. The number of sulfone groups is 1. The number of rotatable bonds is 6. The molecule has 144 valence electrons. The van der Waals surface area contributed by atoms with Crippen molar-refractivity contribution in [2.75, 3.05) is 13.3 Å². The number of halogens is 1. The second kappa shape index (κ2) is 8.54. The van der Waals surface area contributed by atoms with Crippen LogP contribution < -0.4 is 0 Å². The van der Waals surface area contributed by atoms with Crippen molar-refractivity contribution >= 4 is 33.3 Å². The number of esters is 1. The van der Waals surface area contributed by atoms with Crippen molar-refractivity contribution in [3.63, 3.8) is 0 Å². The highest BCUT2D eigenvalue weighted by molar-refractivity contribution is 7.90. The average molecular weight is 410 g/mol. The van der Waals surface area contributed by atoms with Gasteiger partial charge in [0.15, 0.2) is 15.9 Å². The normalized spacial score (nSPS) is 12.3. The van der Waals surface area contributed by atoms with E-state index in [9.17, 15) is 18.0 Å². The molecule has 8 heteroatoms. The van der Waals surface area contributed by atoms with Crippen molar-refractivity contribution in [3.05, 3.63) is 64.7 Å². The maximum Gasteiger partial charge on any atom is 0.340 e. The van der Waals surface area contributed by atoms with Crippen LogP contribution >= 0.6 is 11.6 Å². The Bertz CT molecular complexity index is 944. The number of benzene rings is 2. The molecular weight excluding hydrogens is 390 g/mol. The molecule has 0 saturated carbocycles. The Hall–Kier alpha value is -2.38. The molecule has 6 nitrogen and oxygen atoms in total. The standard InChI is InChI=1S/C19H20ClNO5S/c1-13(18(22)21(2)12-14-7-5-4-6-8-14)26-19(23)16-11-15(27(3,24)25)9-10-17(16)20/h4-11,13H,12H2,1-3H3/t13-/m1/s1. The number of ether oxygens (including phenoxy) is 1. The molecule has 0 saturated heterocycles. The van der Waals surface area contributed by atoms with Crippen LogP contribution in [0.25, 0.3) is 0 Å². The maximum atomic E-state index is 12.4. The van der Waals surface area contributed by atoms with Crippen LogP contribution in [-0.2, 0) is 25.9 Å². The van der Waals surface area contributed by atoms with E-state index >= 15 is 0 Å². The van der Waals surface area contributed by atoms with Gasteiger partial charge < -0.3 is 9.64 Å². The molecule has 27 heavy (non-hydrogen) atoms. The summed E-state index contributed by atoms with van der Waals surface area (Å²) in [7, 11) is -1.90. The summed E-state index contributed by atoms with van der Waals surface area (Å²) >= 11 is 5.98. The largest absolute Gasteiger partial charge is 0.449 e. The highest BCUT2D eigenvalue weighted by Crippen LogP contribution is 2.22. The van der Waals surface area contributed by atoms with Crippen LogP contribution in [0.5, 0.6) is 0 Å². The number of carbonyl (C=O) groups excluding carboxylic acids is 2. The fourth-order valence-corrected chi connectivity index (χ4v) is 3.25. The first kappa shape index (κ1) is 20.9. The lowest BCUT2D eigenvalue weighted by Gasteiger charge is -2.21. The van der Waals surface area contributed by atoms with E-state index in [2.05, 4.69) is 0 Å². The van der Waals surface area contributed by atoms with Gasteiger partial charge in [-0.05, 0) is 30.7 Å². The summed E-state index contributed by atoms with van der Waals surface area (Å²) in [6.45, 7) is 1.82. The number of amides is 1. The Morgan fingerprint density at radius 1 is 1.15 bits per heavy atom. The van der Waals surface area contributed by atoms with Crippen LogP contribution in [0, 0.1) is 0 Å². The van der Waals surface area contributed by atoms with Gasteiger partial charge in [0, 0.05) is 19.8 Å². The minimum atomic E-state index is -3.51. The van der Waals surface area contributed by atoms with E-state index in [1.54, 1.807) is 7.05 Å². The summed E-state index contributed by atoms with van der Waals surface area (Å²) < 4.78 is 28.5. The maximum absolute atomic E-state index is 12.4. The molecule has 0 aliphatic heterocycles. The topological polar surface area (TPSA) is 80.8 Å². The van der Waals surface area contributed by atoms with Crippen molar-refractivity contribution in [1.29, 1.82) is 0 Å². The molecule has 0 aliphatic rings. The molecule has 0 aromatic heterocycles. The monoisotopic (exact) mass is 409 g/mol. The molecule has 0 bridgehead atoms. The molecule has 0 aliphatic carbocycles. The predicted molar refractivity (Wildman–Crippen MR) is 102 cm³/mol. The van der Waals surface area contributed by atoms with Gasteiger partial charge in [-0.15, -0.1) is 0 Å². The Kier molecular flexibility index (Phi) is 6.62. The van der Waals surface area contributed by atoms with Gasteiger partial charge in [-0.2, -0.15) is 0 Å². The van der Waals surface area contributed by atoms with E-state index < -0.39 is 21.9 Å². The van der Waals surface area contributed by atoms with Crippen LogP contribution in [0.4, 0.5) is 0 Å². The van der Waals surface area contributed by atoms with Crippen molar-refractivity contribution < 1.29 is 22.7 Å². The Morgan fingerprint density at radius 2 is 1.78 bits per heavy atom. The second-order valence-electron chi connectivity index (χ2n) is 6.14. The lowest BCUT2D eigenvalue weighted by molar-refractivity contribution is -0.139. The van der Waals surface area contributed by atoms with Crippen molar-refractivity contribution in [3.8, 4) is 0 Å². The zero-order valence-corrected chi connectivity index (χ0v) is 16.8. The second-order valence-corrected chi connectivity index (χ2v) is 8.56. The minimum Gasteiger partial charge on any atom is -0.449 e. The quantitative estimate of drug-likeness (QED) is 0.685. The summed E-state index contributed by atoms with van der Waals surface area (Å²) in [5.41, 5.74) is 0.834. The van der Waals surface area contributed by atoms with Gasteiger partial charge in [-0.1, -0.05) is 41.9 Å². The first-order chi connectivity index (χ1) is 12.6. The van der Waals surface area contributed by atoms with E-state index in [4.69, 9.17) is 16.3 Å². The van der Waals surface area contributed by atoms with E-state index in [1.165, 1.54) is 24.0 Å². The smallest absolute Gasteiger partial charge is 0.340 e. The van der Waals surface area contributed by atoms with Crippen LogP contribution in [0.15, 0.2) is 53.4 Å². The number of likely N-dealkylation sites (N-methyl/N-ethyl adjacent to an activating group) is 1. The zero-order valence-electron chi connectivity index (χ0n) is 15.2.